The first-order chi connectivity index (χ1) is 13.5. The van der Waals surface area contributed by atoms with Crippen LogP contribution in [0, 0.1) is 0 Å². The van der Waals surface area contributed by atoms with E-state index in [1.807, 2.05) is 42.5 Å². The van der Waals surface area contributed by atoms with Crippen LogP contribution < -0.4 is 15.8 Å². The van der Waals surface area contributed by atoms with Crippen molar-refractivity contribution in [2.45, 2.75) is 13.0 Å². The van der Waals surface area contributed by atoms with Gasteiger partial charge in [0, 0.05) is 21.8 Å². The van der Waals surface area contributed by atoms with Gasteiger partial charge in [-0.3, -0.25) is 4.79 Å². The van der Waals surface area contributed by atoms with Gasteiger partial charge in [-0.15, -0.1) is 5.10 Å². The number of nitrogens with one attached hydrogen (secondary N) is 1. The molecule has 3 aromatic rings. The van der Waals surface area contributed by atoms with Gasteiger partial charge in [-0.1, -0.05) is 41.9 Å². The van der Waals surface area contributed by atoms with Gasteiger partial charge in [0.1, 0.15) is 11.8 Å². The first kappa shape index (κ1) is 18.1. The number of nitrogens with zero attached hydrogens (tertiary/aromatic N) is 3. The lowest BCUT2D eigenvalue weighted by atomic mass is 9.95. The van der Waals surface area contributed by atoms with Gasteiger partial charge in [-0.2, -0.15) is 4.98 Å². The fourth-order valence-corrected chi connectivity index (χ4v) is 3.58. The summed E-state index contributed by atoms with van der Waals surface area (Å²) < 4.78 is 6.93. The number of carbonyl (C=O) groups excluding carboxylic acids is 1. The number of hydrogen-bond acceptors (Lipinski definition) is 5. The van der Waals surface area contributed by atoms with E-state index in [0.717, 1.165) is 11.1 Å². The first-order valence-corrected chi connectivity index (χ1v) is 9.00. The Morgan fingerprint density at radius 3 is 2.75 bits per heavy atom. The van der Waals surface area contributed by atoms with Crippen molar-refractivity contribution in [2.24, 2.45) is 5.73 Å². The number of carbonyl (C=O) groups is 1. The Balaban J connectivity index is 1.89. The summed E-state index contributed by atoms with van der Waals surface area (Å²) in [5, 5.41) is 8.29. The fourth-order valence-electron chi connectivity index (χ4n) is 3.34. The monoisotopic (exact) mass is 395 g/mol. The van der Waals surface area contributed by atoms with Crippen molar-refractivity contribution in [2.75, 3.05) is 12.4 Å². The van der Waals surface area contributed by atoms with Gasteiger partial charge in [0.15, 0.2) is 5.82 Å². The number of primary amides is 1. The molecule has 28 heavy (non-hydrogen) atoms. The zero-order valence-corrected chi connectivity index (χ0v) is 16.1. The number of fused-ring (bicyclic) bond motifs is 1. The molecule has 0 aliphatic carbocycles. The summed E-state index contributed by atoms with van der Waals surface area (Å²) in [6.45, 7) is 1.79. The summed E-state index contributed by atoms with van der Waals surface area (Å²) >= 11 is 6.43. The fraction of sp³-hybridized carbons (Fsp3) is 0.150. The molecule has 0 spiro atoms. The number of methoxy groups -OCH3 is 1. The number of benzene rings is 2. The highest BCUT2D eigenvalue weighted by molar-refractivity contribution is 6.31. The van der Waals surface area contributed by atoms with Crippen LogP contribution in [0.3, 0.4) is 0 Å². The summed E-state index contributed by atoms with van der Waals surface area (Å²) in [5.74, 6) is 1.16. The Morgan fingerprint density at radius 2 is 2.04 bits per heavy atom. The number of amides is 1. The number of anilines is 1. The maximum absolute atomic E-state index is 12.2. The minimum absolute atomic E-state index is 0.391. The number of rotatable bonds is 4. The molecule has 1 aliphatic rings. The van der Waals surface area contributed by atoms with Gasteiger partial charge in [-0.05, 0) is 25.1 Å². The van der Waals surface area contributed by atoms with Crippen molar-refractivity contribution in [3.63, 3.8) is 0 Å². The van der Waals surface area contributed by atoms with E-state index in [4.69, 9.17) is 22.1 Å². The average Bonchev–Trinajstić information content (AvgIpc) is 3.11. The van der Waals surface area contributed by atoms with E-state index >= 15 is 0 Å². The molecule has 0 bridgehead atoms. The van der Waals surface area contributed by atoms with Crippen molar-refractivity contribution < 1.29 is 9.53 Å². The quantitative estimate of drug-likeness (QED) is 0.706. The zero-order valence-electron chi connectivity index (χ0n) is 15.3. The molecule has 0 saturated heterocycles. The standard InChI is InChI=1S/C20H18ClN5O2/c1-11-16(18(22)27)17(14-8-3-4-9-15(14)21)26-20(23-11)24-19(25-26)12-6-5-7-13(10-12)28-2/h3-10,17H,1-2H3,(H2,22,27)(H,23,24,25)/t17-/m0/s1. The number of hydrogen-bond donors (Lipinski definition) is 2. The van der Waals surface area contributed by atoms with E-state index in [-0.39, 0.29) is 0 Å². The molecule has 3 N–H and O–H groups in total. The SMILES string of the molecule is COc1cccc(-c2nc3n(n2)[C@@H](c2ccccc2Cl)C(C(N)=O)=C(C)N3)c1. The van der Waals surface area contributed by atoms with E-state index < -0.39 is 11.9 Å². The summed E-state index contributed by atoms with van der Waals surface area (Å²) in [6.07, 6.45) is 0. The minimum Gasteiger partial charge on any atom is -0.497 e. The predicted octanol–water partition coefficient (Wildman–Crippen LogP) is 3.38. The van der Waals surface area contributed by atoms with Crippen molar-refractivity contribution in [1.82, 2.24) is 14.8 Å². The van der Waals surface area contributed by atoms with E-state index in [1.54, 1.807) is 24.8 Å². The van der Waals surface area contributed by atoms with Crippen molar-refractivity contribution in [3.05, 3.63) is 70.4 Å². The van der Waals surface area contributed by atoms with Crippen LogP contribution in [0.2, 0.25) is 5.02 Å². The first-order valence-electron chi connectivity index (χ1n) is 8.62. The van der Waals surface area contributed by atoms with E-state index in [1.165, 1.54) is 0 Å². The zero-order chi connectivity index (χ0) is 19.8. The van der Waals surface area contributed by atoms with Crippen molar-refractivity contribution in [3.8, 4) is 17.1 Å². The highest BCUT2D eigenvalue weighted by Crippen LogP contribution is 2.38. The van der Waals surface area contributed by atoms with Crippen molar-refractivity contribution >= 4 is 23.5 Å². The lowest BCUT2D eigenvalue weighted by Gasteiger charge is -2.28. The number of halogens is 1. The Bertz CT molecular complexity index is 1110. The second kappa shape index (κ2) is 7.01. The Labute approximate surface area is 166 Å². The molecule has 142 valence electrons. The lowest BCUT2D eigenvalue weighted by molar-refractivity contribution is -0.115. The number of ether oxygens (including phenoxy) is 1. The molecule has 2 heterocycles. The number of nitrogens with two attached hydrogens (primary N) is 1. The molecule has 7 nitrogen and oxygen atoms in total. The summed E-state index contributed by atoms with van der Waals surface area (Å²) in [6, 6.07) is 14.2. The molecule has 1 aliphatic heterocycles. The Morgan fingerprint density at radius 1 is 1.25 bits per heavy atom. The molecular weight excluding hydrogens is 378 g/mol. The minimum atomic E-state index is -0.575. The van der Waals surface area contributed by atoms with Crippen LogP contribution in [0.4, 0.5) is 5.95 Å². The maximum atomic E-state index is 12.2. The highest BCUT2D eigenvalue weighted by atomic mass is 35.5. The second-order valence-corrected chi connectivity index (χ2v) is 6.79. The van der Waals surface area contributed by atoms with Crippen molar-refractivity contribution in [1.29, 1.82) is 0 Å². The molecule has 8 heteroatoms. The van der Waals surface area contributed by atoms with Crippen LogP contribution in [0.15, 0.2) is 59.8 Å². The van der Waals surface area contributed by atoms with Crippen LogP contribution in [0.5, 0.6) is 5.75 Å². The molecule has 1 atom stereocenters. The van der Waals surface area contributed by atoms with Crippen LogP contribution in [0.25, 0.3) is 11.4 Å². The third kappa shape index (κ3) is 2.99. The topological polar surface area (TPSA) is 95.1 Å². The number of allylic oxidation sites excluding steroid dienone is 1. The lowest BCUT2D eigenvalue weighted by Crippen LogP contribution is -2.32. The maximum Gasteiger partial charge on any atom is 0.248 e. The summed E-state index contributed by atoms with van der Waals surface area (Å²) in [7, 11) is 1.60. The second-order valence-electron chi connectivity index (χ2n) is 6.39. The summed E-state index contributed by atoms with van der Waals surface area (Å²) in [5.41, 5.74) is 8.22. The third-order valence-electron chi connectivity index (χ3n) is 4.65. The molecule has 1 aromatic heterocycles. The van der Waals surface area contributed by atoms with Gasteiger partial charge >= 0.3 is 0 Å². The van der Waals surface area contributed by atoms with Crippen LogP contribution >= 0.6 is 11.6 Å². The molecule has 1 amide bonds. The van der Waals surface area contributed by atoms with E-state index in [9.17, 15) is 4.79 Å². The van der Waals surface area contributed by atoms with E-state index in [2.05, 4.69) is 15.4 Å². The molecule has 0 fully saturated rings. The molecule has 0 saturated carbocycles. The van der Waals surface area contributed by atoms with Crippen LogP contribution in [-0.4, -0.2) is 27.8 Å². The largest absolute Gasteiger partial charge is 0.497 e. The molecule has 0 unspecified atom stereocenters. The smallest absolute Gasteiger partial charge is 0.248 e. The molecule has 2 aromatic carbocycles. The van der Waals surface area contributed by atoms with Gasteiger partial charge in [0.05, 0.1) is 12.7 Å². The van der Waals surface area contributed by atoms with Gasteiger partial charge in [0.25, 0.3) is 0 Å². The van der Waals surface area contributed by atoms with Gasteiger partial charge in [0.2, 0.25) is 11.9 Å². The van der Waals surface area contributed by atoms with Gasteiger partial charge < -0.3 is 15.8 Å². The average molecular weight is 396 g/mol. The third-order valence-corrected chi connectivity index (χ3v) is 4.99. The van der Waals surface area contributed by atoms with Gasteiger partial charge in [-0.25, -0.2) is 4.68 Å². The number of aromatic nitrogens is 3. The van der Waals surface area contributed by atoms with Crippen LogP contribution in [0.1, 0.15) is 18.5 Å². The molecular formula is C20H18ClN5O2. The molecule has 0 radical (unpaired) electrons. The Kier molecular flexibility index (Phi) is 4.52. The molecule has 4 rings (SSSR count). The predicted molar refractivity (Wildman–Crippen MR) is 107 cm³/mol. The normalized spacial score (nSPS) is 15.8. The van der Waals surface area contributed by atoms with E-state index in [0.29, 0.717) is 33.8 Å². The van der Waals surface area contributed by atoms with Crippen LogP contribution in [-0.2, 0) is 4.79 Å². The summed E-state index contributed by atoms with van der Waals surface area (Å²) in [4.78, 5) is 16.8. The Hall–Kier alpha value is -3.32. The highest BCUT2D eigenvalue weighted by Gasteiger charge is 2.34.